The van der Waals surface area contributed by atoms with Crippen molar-refractivity contribution in [2.75, 3.05) is 17.4 Å². The van der Waals surface area contributed by atoms with E-state index in [2.05, 4.69) is 20.9 Å². The predicted octanol–water partition coefficient (Wildman–Crippen LogP) is 6.12. The zero-order chi connectivity index (χ0) is 32.9. The van der Waals surface area contributed by atoms with Crippen LogP contribution in [0.15, 0.2) is 35.1 Å². The zero-order valence-electron chi connectivity index (χ0n) is 24.7. The monoisotopic (exact) mass is 702 g/mol. The number of hydrogen-bond donors (Lipinski definition) is 0. The third-order valence-electron chi connectivity index (χ3n) is 6.17. The van der Waals surface area contributed by atoms with Crippen LogP contribution in [0, 0.1) is 11.6 Å². The standard InChI is InChI=1S/C28H30BrF3N4O7S/c1-27(2,3)42-25(38)35-14-18(17-11-15(29)12-33-24(17)35)23(37)21-19(31)7-8-20(22(21)32)36(26(39)43-28(4,5)6)44(40,41)34-10-9-16(30)13-34/h7-8,11-12,14,16H,9-10,13H2,1-6H3/t16-/m1/s1. The van der Waals surface area contributed by atoms with Crippen LogP contribution in [0.4, 0.5) is 28.4 Å². The molecule has 1 fully saturated rings. The van der Waals surface area contributed by atoms with Crippen LogP contribution >= 0.6 is 15.9 Å². The van der Waals surface area contributed by atoms with Crippen LogP contribution in [-0.4, -0.2) is 70.7 Å². The molecule has 1 saturated heterocycles. The molecule has 0 spiro atoms. The molecule has 0 bridgehead atoms. The summed E-state index contributed by atoms with van der Waals surface area (Å²) in [5.41, 5.74) is -4.87. The van der Waals surface area contributed by atoms with Gasteiger partial charge in [-0.25, -0.2) is 32.3 Å². The number of ether oxygens (including phenoxy) is 2. The van der Waals surface area contributed by atoms with Crippen LogP contribution in [0.2, 0.25) is 0 Å². The van der Waals surface area contributed by atoms with Gasteiger partial charge in [-0.3, -0.25) is 4.79 Å². The summed E-state index contributed by atoms with van der Waals surface area (Å²) in [6.45, 7) is 8.23. The Hall–Kier alpha value is -3.50. The van der Waals surface area contributed by atoms with Gasteiger partial charge in [0.05, 0.1) is 11.1 Å². The third kappa shape index (κ3) is 6.76. The van der Waals surface area contributed by atoms with E-state index in [1.165, 1.54) is 33.0 Å². The molecule has 1 amide bonds. The number of alkyl halides is 1. The van der Waals surface area contributed by atoms with Crippen LogP contribution in [0.1, 0.15) is 63.9 Å². The topological polar surface area (TPSA) is 128 Å². The van der Waals surface area contributed by atoms with Gasteiger partial charge in [0, 0.05) is 35.3 Å². The number of amides is 1. The molecule has 44 heavy (non-hydrogen) atoms. The largest absolute Gasteiger partial charge is 0.443 e. The third-order valence-corrected chi connectivity index (χ3v) is 8.40. The highest BCUT2D eigenvalue weighted by atomic mass is 79.9. The minimum absolute atomic E-state index is 0.0158. The second-order valence-electron chi connectivity index (χ2n) is 12.0. The average molecular weight is 704 g/mol. The summed E-state index contributed by atoms with van der Waals surface area (Å²) in [7, 11) is -4.97. The summed E-state index contributed by atoms with van der Waals surface area (Å²) < 4.78 is 85.1. The van der Waals surface area contributed by atoms with Crippen molar-refractivity contribution >= 4 is 60.8 Å². The lowest BCUT2D eigenvalue weighted by atomic mass is 10.0. The Labute approximate surface area is 260 Å². The van der Waals surface area contributed by atoms with Gasteiger partial charge in [0.1, 0.15) is 34.5 Å². The second kappa shape index (κ2) is 11.8. The van der Waals surface area contributed by atoms with Crippen molar-refractivity contribution < 1.29 is 45.4 Å². The van der Waals surface area contributed by atoms with Gasteiger partial charge < -0.3 is 9.47 Å². The molecule has 1 aliphatic heterocycles. The molecular formula is C28H30BrF3N4O7S. The molecule has 2 aromatic heterocycles. The van der Waals surface area contributed by atoms with E-state index in [0.717, 1.165) is 10.8 Å². The first-order valence-corrected chi connectivity index (χ1v) is 15.5. The number of rotatable bonds is 5. The molecular weight excluding hydrogens is 673 g/mol. The number of carbonyl (C=O) groups excluding carboxylic acids is 3. The van der Waals surface area contributed by atoms with E-state index in [4.69, 9.17) is 9.47 Å². The number of anilines is 1. The highest BCUT2D eigenvalue weighted by molar-refractivity contribution is 9.10. The van der Waals surface area contributed by atoms with Gasteiger partial charge in [-0.15, -0.1) is 0 Å². The minimum atomic E-state index is -4.97. The number of halogens is 4. The molecule has 16 heteroatoms. The maximum absolute atomic E-state index is 16.3. The van der Waals surface area contributed by atoms with Crippen molar-refractivity contribution in [3.8, 4) is 0 Å². The lowest BCUT2D eigenvalue weighted by Gasteiger charge is -2.30. The van der Waals surface area contributed by atoms with Gasteiger partial charge in [-0.1, -0.05) is 0 Å². The van der Waals surface area contributed by atoms with Gasteiger partial charge in [-0.2, -0.15) is 17.0 Å². The number of aromatic nitrogens is 2. The van der Waals surface area contributed by atoms with Crippen LogP contribution in [0.5, 0.6) is 0 Å². The maximum Gasteiger partial charge on any atom is 0.430 e. The van der Waals surface area contributed by atoms with Gasteiger partial charge >= 0.3 is 22.4 Å². The highest BCUT2D eigenvalue weighted by Gasteiger charge is 2.43. The van der Waals surface area contributed by atoms with Crippen molar-refractivity contribution in [2.45, 2.75) is 65.3 Å². The Morgan fingerprint density at radius 2 is 1.70 bits per heavy atom. The smallest absolute Gasteiger partial charge is 0.430 e. The van der Waals surface area contributed by atoms with Crippen molar-refractivity contribution in [1.29, 1.82) is 0 Å². The van der Waals surface area contributed by atoms with Gasteiger partial charge in [0.25, 0.3) is 0 Å². The van der Waals surface area contributed by atoms with E-state index in [-0.39, 0.29) is 33.9 Å². The predicted molar refractivity (Wildman–Crippen MR) is 158 cm³/mol. The summed E-state index contributed by atoms with van der Waals surface area (Å²) in [5.74, 6) is -4.38. The average Bonchev–Trinajstić information content (AvgIpc) is 3.47. The first-order chi connectivity index (χ1) is 20.2. The van der Waals surface area contributed by atoms with Gasteiger partial charge in [-0.05, 0) is 82.1 Å². The van der Waals surface area contributed by atoms with E-state index in [0.29, 0.717) is 20.9 Å². The molecule has 0 radical (unpaired) electrons. The number of fused-ring (bicyclic) bond motifs is 1. The van der Waals surface area contributed by atoms with Crippen LogP contribution in [0.3, 0.4) is 0 Å². The normalized spacial score (nSPS) is 16.3. The van der Waals surface area contributed by atoms with Crippen molar-refractivity contribution in [3.05, 3.63) is 57.8 Å². The van der Waals surface area contributed by atoms with Gasteiger partial charge in [0.15, 0.2) is 5.82 Å². The van der Waals surface area contributed by atoms with E-state index in [1.54, 1.807) is 20.8 Å². The first kappa shape index (κ1) is 33.4. The molecule has 0 saturated carbocycles. The molecule has 3 heterocycles. The number of hydrogen-bond acceptors (Lipinski definition) is 8. The molecule has 1 atom stereocenters. The summed E-state index contributed by atoms with van der Waals surface area (Å²) in [6.07, 6.45) is -1.84. The van der Waals surface area contributed by atoms with E-state index < -0.39 is 75.0 Å². The molecule has 0 aliphatic carbocycles. The molecule has 1 aromatic carbocycles. The Bertz CT molecular complexity index is 1770. The molecule has 0 unspecified atom stereocenters. The Kier molecular flexibility index (Phi) is 8.94. The number of benzene rings is 1. The number of carbonyl (C=O) groups is 3. The summed E-state index contributed by atoms with van der Waals surface area (Å²) in [5, 5.41) is 0.0158. The fraction of sp³-hybridized carbons (Fsp3) is 0.429. The molecule has 238 valence electrons. The van der Waals surface area contributed by atoms with Crippen molar-refractivity contribution in [2.24, 2.45) is 0 Å². The SMILES string of the molecule is CC(C)(C)OC(=O)N(c1ccc(F)c(C(=O)c2cn(C(=O)OC(C)(C)C)c3ncc(Br)cc23)c1F)S(=O)(=O)N1CC[C@@H](F)C1. The van der Waals surface area contributed by atoms with Crippen LogP contribution < -0.4 is 4.31 Å². The molecule has 0 N–H and O–H groups in total. The molecule has 4 rings (SSSR count). The number of nitrogens with zero attached hydrogens (tertiary/aromatic N) is 4. The number of ketones is 1. The summed E-state index contributed by atoms with van der Waals surface area (Å²) in [4.78, 5) is 44.1. The lowest BCUT2D eigenvalue weighted by molar-refractivity contribution is 0.0541. The van der Waals surface area contributed by atoms with E-state index >= 15 is 8.78 Å². The fourth-order valence-electron chi connectivity index (χ4n) is 4.39. The molecule has 3 aromatic rings. The van der Waals surface area contributed by atoms with Gasteiger partial charge in [0.2, 0.25) is 5.78 Å². The summed E-state index contributed by atoms with van der Waals surface area (Å²) >= 11 is 3.22. The van der Waals surface area contributed by atoms with Crippen molar-refractivity contribution in [3.63, 3.8) is 0 Å². The van der Waals surface area contributed by atoms with E-state index in [9.17, 15) is 27.2 Å². The van der Waals surface area contributed by atoms with Crippen LogP contribution in [-0.2, 0) is 19.7 Å². The van der Waals surface area contributed by atoms with Crippen LogP contribution in [0.25, 0.3) is 11.0 Å². The first-order valence-electron chi connectivity index (χ1n) is 13.3. The second-order valence-corrected chi connectivity index (χ2v) is 14.7. The van der Waals surface area contributed by atoms with E-state index in [1.807, 2.05) is 0 Å². The molecule has 11 nitrogen and oxygen atoms in total. The minimum Gasteiger partial charge on any atom is -0.443 e. The van der Waals surface area contributed by atoms with Crippen molar-refractivity contribution in [1.82, 2.24) is 13.9 Å². The lowest BCUT2D eigenvalue weighted by Crippen LogP contribution is -2.48. The summed E-state index contributed by atoms with van der Waals surface area (Å²) in [6, 6.07) is 2.67. The zero-order valence-corrected chi connectivity index (χ0v) is 27.1. The quantitative estimate of drug-likeness (QED) is 0.291. The number of pyridine rings is 1. The maximum atomic E-state index is 16.3. The highest BCUT2D eigenvalue weighted by Crippen LogP contribution is 2.34. The Morgan fingerprint density at radius 3 is 2.27 bits per heavy atom. The molecule has 1 aliphatic rings. The Balaban J connectivity index is 1.90. The fourth-order valence-corrected chi connectivity index (χ4v) is 6.25. The Morgan fingerprint density at radius 1 is 1.07 bits per heavy atom.